The lowest BCUT2D eigenvalue weighted by molar-refractivity contribution is 0.498. The molecule has 0 saturated heterocycles. The molecule has 6 heteroatoms. The summed E-state index contributed by atoms with van der Waals surface area (Å²) in [5.41, 5.74) is 6.05. The first-order valence-electron chi connectivity index (χ1n) is 4.94. The number of anilines is 3. The molecule has 0 amide bonds. The third-order valence-corrected chi connectivity index (χ3v) is 2.77. The molecule has 0 unspecified atom stereocenters. The van der Waals surface area contributed by atoms with Crippen LogP contribution >= 0.6 is 15.9 Å². The molecule has 2 aromatic carbocycles. The summed E-state index contributed by atoms with van der Waals surface area (Å²) < 4.78 is 40.2. The van der Waals surface area contributed by atoms with E-state index in [1.165, 1.54) is 0 Å². The van der Waals surface area contributed by atoms with Crippen molar-refractivity contribution in [3.05, 3.63) is 52.3 Å². The fourth-order valence-electron chi connectivity index (χ4n) is 1.43. The average Bonchev–Trinajstić information content (AvgIpc) is 2.30. The number of halogens is 4. The molecule has 0 aliphatic rings. The summed E-state index contributed by atoms with van der Waals surface area (Å²) in [5.74, 6) is -3.29. The van der Waals surface area contributed by atoms with E-state index in [9.17, 15) is 13.2 Å². The highest BCUT2D eigenvalue weighted by Crippen LogP contribution is 2.29. The first-order chi connectivity index (χ1) is 8.47. The fourth-order valence-corrected chi connectivity index (χ4v) is 1.79. The molecule has 0 bridgehead atoms. The zero-order valence-electron chi connectivity index (χ0n) is 8.98. The average molecular weight is 317 g/mol. The first kappa shape index (κ1) is 12.8. The molecule has 0 atom stereocenters. The van der Waals surface area contributed by atoms with Gasteiger partial charge in [0.1, 0.15) is 5.82 Å². The summed E-state index contributed by atoms with van der Waals surface area (Å²) >= 11 is 3.22. The van der Waals surface area contributed by atoms with Crippen LogP contribution in [-0.2, 0) is 0 Å². The summed E-state index contributed by atoms with van der Waals surface area (Å²) in [5, 5.41) is 2.55. The number of nitrogen functional groups attached to an aromatic ring is 1. The van der Waals surface area contributed by atoms with Crippen LogP contribution in [0, 0.1) is 17.5 Å². The molecule has 0 spiro atoms. The Morgan fingerprint density at radius 1 is 1.00 bits per heavy atom. The van der Waals surface area contributed by atoms with E-state index in [1.54, 1.807) is 18.2 Å². The molecule has 2 rings (SSSR count). The van der Waals surface area contributed by atoms with Crippen molar-refractivity contribution in [1.29, 1.82) is 0 Å². The van der Waals surface area contributed by atoms with Gasteiger partial charge >= 0.3 is 0 Å². The molecule has 3 N–H and O–H groups in total. The standard InChI is InChI=1S/C12H8BrF3N2/c13-6-1-2-9(17)10(3-6)18-11-5-7(14)4-8(15)12(11)16/h1-5,18H,17H2. The molecule has 2 nitrogen and oxygen atoms in total. The van der Waals surface area contributed by atoms with Crippen molar-refractivity contribution < 1.29 is 13.2 Å². The molecule has 94 valence electrons. The van der Waals surface area contributed by atoms with Gasteiger partial charge in [-0.3, -0.25) is 0 Å². The third-order valence-electron chi connectivity index (χ3n) is 2.28. The largest absolute Gasteiger partial charge is 0.397 e. The minimum absolute atomic E-state index is 0.308. The van der Waals surface area contributed by atoms with E-state index < -0.39 is 17.5 Å². The molecule has 0 aromatic heterocycles. The molecule has 0 aliphatic heterocycles. The Kier molecular flexibility index (Phi) is 3.47. The van der Waals surface area contributed by atoms with Crippen molar-refractivity contribution in [3.8, 4) is 0 Å². The van der Waals surface area contributed by atoms with E-state index in [1.807, 2.05) is 0 Å². The Bertz CT molecular complexity index is 602. The summed E-state index contributed by atoms with van der Waals surface area (Å²) in [6, 6.07) is 6.20. The molecule has 0 saturated carbocycles. The predicted molar refractivity (Wildman–Crippen MR) is 68.2 cm³/mol. The van der Waals surface area contributed by atoms with Gasteiger partial charge in [-0.1, -0.05) is 15.9 Å². The van der Waals surface area contributed by atoms with Gasteiger partial charge < -0.3 is 11.1 Å². The first-order valence-corrected chi connectivity index (χ1v) is 5.73. The normalized spacial score (nSPS) is 10.4. The second-order valence-electron chi connectivity index (χ2n) is 3.61. The Morgan fingerprint density at radius 3 is 2.44 bits per heavy atom. The summed E-state index contributed by atoms with van der Waals surface area (Å²) in [4.78, 5) is 0. The predicted octanol–water partition coefficient (Wildman–Crippen LogP) is 4.19. The molecule has 18 heavy (non-hydrogen) atoms. The van der Waals surface area contributed by atoms with Crippen molar-refractivity contribution >= 4 is 33.0 Å². The van der Waals surface area contributed by atoms with Crippen molar-refractivity contribution in [1.82, 2.24) is 0 Å². The smallest absolute Gasteiger partial charge is 0.182 e. The third kappa shape index (κ3) is 2.59. The maximum Gasteiger partial charge on any atom is 0.182 e. The van der Waals surface area contributed by atoms with Crippen LogP contribution < -0.4 is 11.1 Å². The number of benzene rings is 2. The van der Waals surface area contributed by atoms with Crippen LogP contribution in [-0.4, -0.2) is 0 Å². The lowest BCUT2D eigenvalue weighted by Gasteiger charge is -2.11. The van der Waals surface area contributed by atoms with Gasteiger partial charge in [-0.15, -0.1) is 0 Å². The summed E-state index contributed by atoms with van der Waals surface area (Å²) in [6.07, 6.45) is 0. The molecule has 0 radical (unpaired) electrons. The zero-order valence-corrected chi connectivity index (χ0v) is 10.6. The minimum atomic E-state index is -1.26. The van der Waals surface area contributed by atoms with Gasteiger partial charge in [0.25, 0.3) is 0 Å². The van der Waals surface area contributed by atoms with Crippen molar-refractivity contribution in [2.24, 2.45) is 0 Å². The highest BCUT2D eigenvalue weighted by Gasteiger charge is 2.12. The Morgan fingerprint density at radius 2 is 1.72 bits per heavy atom. The number of hydrogen-bond donors (Lipinski definition) is 2. The van der Waals surface area contributed by atoms with Crippen molar-refractivity contribution in [3.63, 3.8) is 0 Å². The molecule has 0 aliphatic carbocycles. The molecule has 0 heterocycles. The van der Waals surface area contributed by atoms with E-state index in [4.69, 9.17) is 5.73 Å². The lowest BCUT2D eigenvalue weighted by Crippen LogP contribution is -2.00. The molecule has 0 fully saturated rings. The maximum absolute atomic E-state index is 13.4. The number of hydrogen-bond acceptors (Lipinski definition) is 2. The van der Waals surface area contributed by atoms with Gasteiger partial charge in [-0.25, -0.2) is 13.2 Å². The quantitative estimate of drug-likeness (QED) is 0.644. The van der Waals surface area contributed by atoms with Crippen molar-refractivity contribution in [2.75, 3.05) is 11.1 Å². The van der Waals surface area contributed by atoms with E-state index in [0.29, 0.717) is 21.9 Å². The van der Waals surface area contributed by atoms with E-state index in [2.05, 4.69) is 21.2 Å². The van der Waals surface area contributed by atoms with Gasteiger partial charge in [0.05, 0.1) is 17.1 Å². The van der Waals surface area contributed by atoms with Crippen LogP contribution in [0.1, 0.15) is 0 Å². The van der Waals surface area contributed by atoms with Gasteiger partial charge in [0, 0.05) is 16.6 Å². The number of nitrogens with two attached hydrogens (primary N) is 1. The number of rotatable bonds is 2. The zero-order chi connectivity index (χ0) is 13.3. The molecular formula is C12H8BrF3N2. The van der Waals surface area contributed by atoms with Crippen molar-refractivity contribution in [2.45, 2.75) is 0 Å². The Balaban J connectivity index is 2.43. The van der Waals surface area contributed by atoms with Crippen LogP contribution in [0.4, 0.5) is 30.2 Å². The van der Waals surface area contributed by atoms with Gasteiger partial charge in [0.15, 0.2) is 11.6 Å². The van der Waals surface area contributed by atoms with E-state index in [-0.39, 0.29) is 5.69 Å². The van der Waals surface area contributed by atoms with Crippen LogP contribution in [0.25, 0.3) is 0 Å². The van der Waals surface area contributed by atoms with E-state index >= 15 is 0 Å². The van der Waals surface area contributed by atoms with Gasteiger partial charge in [-0.2, -0.15) is 0 Å². The topological polar surface area (TPSA) is 38.0 Å². The molecule has 2 aromatic rings. The maximum atomic E-state index is 13.4. The van der Waals surface area contributed by atoms with Crippen LogP contribution in [0.2, 0.25) is 0 Å². The SMILES string of the molecule is Nc1ccc(Br)cc1Nc1cc(F)cc(F)c1F. The minimum Gasteiger partial charge on any atom is -0.397 e. The van der Waals surface area contributed by atoms with Crippen LogP contribution in [0.3, 0.4) is 0 Å². The fraction of sp³-hybridized carbons (Fsp3) is 0. The second kappa shape index (κ2) is 4.89. The second-order valence-corrected chi connectivity index (χ2v) is 4.52. The van der Waals surface area contributed by atoms with E-state index in [0.717, 1.165) is 6.07 Å². The molecular weight excluding hydrogens is 309 g/mol. The number of nitrogens with one attached hydrogen (secondary N) is 1. The van der Waals surface area contributed by atoms with Crippen LogP contribution in [0.5, 0.6) is 0 Å². The summed E-state index contributed by atoms with van der Waals surface area (Å²) in [7, 11) is 0. The van der Waals surface area contributed by atoms with Gasteiger partial charge in [-0.05, 0) is 18.2 Å². The highest BCUT2D eigenvalue weighted by molar-refractivity contribution is 9.10. The monoisotopic (exact) mass is 316 g/mol. The van der Waals surface area contributed by atoms with Gasteiger partial charge in [0.2, 0.25) is 0 Å². The lowest BCUT2D eigenvalue weighted by atomic mass is 10.2. The van der Waals surface area contributed by atoms with Crippen LogP contribution in [0.15, 0.2) is 34.8 Å². The summed E-state index contributed by atoms with van der Waals surface area (Å²) in [6.45, 7) is 0. The highest BCUT2D eigenvalue weighted by atomic mass is 79.9. The Labute approximate surface area is 110 Å². The Hall–Kier alpha value is -1.69.